The minimum absolute atomic E-state index is 0.542. The van der Waals surface area contributed by atoms with Crippen molar-refractivity contribution in [1.29, 1.82) is 0 Å². The normalized spacial score (nSPS) is 11.2. The minimum Gasteiger partial charge on any atom is -0.303 e. The fourth-order valence-corrected chi connectivity index (χ4v) is 1.54. The molecule has 0 bridgehead atoms. The van der Waals surface area contributed by atoms with E-state index in [1.54, 1.807) is 12.2 Å². The minimum atomic E-state index is 0.542. The second kappa shape index (κ2) is 35.5. The van der Waals surface area contributed by atoms with Crippen LogP contribution in [-0.4, -0.2) is 18.9 Å². The molecule has 0 saturated heterocycles. The predicted octanol–water partition coefficient (Wildman–Crippen LogP) is 6.68. The molecule has 0 N–H and O–H groups in total. The van der Waals surface area contributed by atoms with E-state index in [-0.39, 0.29) is 0 Å². The Hall–Kier alpha value is -2.55. The summed E-state index contributed by atoms with van der Waals surface area (Å²) in [5.74, 6) is 0. The zero-order chi connectivity index (χ0) is 21.6. The number of aldehydes is 3. The van der Waals surface area contributed by atoms with Crippen LogP contribution in [0.2, 0.25) is 0 Å². The first kappa shape index (κ1) is 30.2. The van der Waals surface area contributed by atoms with Crippen LogP contribution in [0.5, 0.6) is 0 Å². The highest BCUT2D eigenvalue weighted by atomic mass is 16.1. The van der Waals surface area contributed by atoms with Crippen molar-refractivity contribution in [3.63, 3.8) is 0 Å². The zero-order valence-corrected chi connectivity index (χ0v) is 17.8. The summed E-state index contributed by atoms with van der Waals surface area (Å²) in [6, 6.07) is 0. The van der Waals surface area contributed by atoms with Crippen LogP contribution in [0, 0.1) is 0 Å². The third-order valence-electron chi connectivity index (χ3n) is 2.86. The predicted molar refractivity (Wildman–Crippen MR) is 122 cm³/mol. The maximum Gasteiger partial charge on any atom is 0.142 e. The molecule has 3 heteroatoms. The van der Waals surface area contributed by atoms with Gasteiger partial charge in [-0.1, -0.05) is 81.5 Å². The Morgan fingerprint density at radius 2 is 1.00 bits per heavy atom. The van der Waals surface area contributed by atoms with E-state index in [1.165, 1.54) is 6.08 Å². The van der Waals surface area contributed by atoms with Crippen molar-refractivity contribution in [3.05, 3.63) is 72.9 Å². The summed E-state index contributed by atoms with van der Waals surface area (Å²) in [4.78, 5) is 29.3. The molecule has 0 fully saturated rings. The van der Waals surface area contributed by atoms with Gasteiger partial charge in [0.05, 0.1) is 0 Å². The molecule has 0 saturated carbocycles. The second-order valence-electron chi connectivity index (χ2n) is 5.37. The van der Waals surface area contributed by atoms with Crippen molar-refractivity contribution in [2.75, 3.05) is 0 Å². The number of carbonyl (C=O) groups is 3. The summed E-state index contributed by atoms with van der Waals surface area (Å²) in [5.41, 5.74) is 0. The number of rotatable bonds is 13. The molecule has 0 spiro atoms. The van der Waals surface area contributed by atoms with Gasteiger partial charge in [-0.3, -0.25) is 9.59 Å². The fourth-order valence-electron chi connectivity index (χ4n) is 1.54. The fraction of sp³-hybridized carbons (Fsp3) is 0.400. The van der Waals surface area contributed by atoms with Crippen molar-refractivity contribution < 1.29 is 14.4 Å². The SMILES string of the molecule is CCC=CC=CC=O.CCC=CCC=CCC=O.CCC=CCCC=CC=O. The Balaban J connectivity index is -0.000000337. The van der Waals surface area contributed by atoms with Gasteiger partial charge in [-0.15, -0.1) is 0 Å². The molecule has 0 unspecified atom stereocenters. The summed E-state index contributed by atoms with van der Waals surface area (Å²) in [6.45, 7) is 6.26. The average Bonchev–Trinajstić information content (AvgIpc) is 2.72. The van der Waals surface area contributed by atoms with Crippen molar-refractivity contribution in [2.24, 2.45) is 0 Å². The standard InChI is InChI=1S/2C9H14O.C7H10O/c2*1-2-3-4-5-6-7-8-9-10;1-2-3-4-5-6-7-8/h3-4,7-9H,2,5-6H2,1H3;3-4,6-7,9H,2,5,8H2,1H3;3-7H,2H2,1H3. The van der Waals surface area contributed by atoms with Crippen LogP contribution in [0.1, 0.15) is 65.7 Å². The smallest absolute Gasteiger partial charge is 0.142 e. The molecule has 3 nitrogen and oxygen atoms in total. The van der Waals surface area contributed by atoms with E-state index in [0.717, 1.165) is 57.4 Å². The van der Waals surface area contributed by atoms with E-state index < -0.39 is 0 Å². The van der Waals surface area contributed by atoms with Crippen molar-refractivity contribution in [2.45, 2.75) is 65.7 Å². The molecule has 0 heterocycles. The molecule has 0 amide bonds. The lowest BCUT2D eigenvalue weighted by Crippen LogP contribution is -1.65. The van der Waals surface area contributed by atoms with E-state index in [4.69, 9.17) is 0 Å². The largest absolute Gasteiger partial charge is 0.303 e. The summed E-state index contributed by atoms with van der Waals surface area (Å²) in [7, 11) is 0. The van der Waals surface area contributed by atoms with E-state index in [0.29, 0.717) is 6.42 Å². The lowest BCUT2D eigenvalue weighted by Gasteiger charge is -1.83. The zero-order valence-electron chi connectivity index (χ0n) is 17.8. The van der Waals surface area contributed by atoms with Gasteiger partial charge in [-0.2, -0.15) is 0 Å². The van der Waals surface area contributed by atoms with Crippen molar-refractivity contribution in [1.82, 2.24) is 0 Å². The third-order valence-corrected chi connectivity index (χ3v) is 2.86. The monoisotopic (exact) mass is 386 g/mol. The Kier molecular flexibility index (Phi) is 38.3. The van der Waals surface area contributed by atoms with Gasteiger partial charge in [0.15, 0.2) is 0 Å². The number of allylic oxidation sites excluding steroid dienone is 12. The quantitative estimate of drug-likeness (QED) is 0.117. The number of hydrogen-bond donors (Lipinski definition) is 0. The van der Waals surface area contributed by atoms with Gasteiger partial charge >= 0.3 is 0 Å². The number of hydrogen-bond acceptors (Lipinski definition) is 3. The number of carbonyl (C=O) groups excluding carboxylic acids is 3. The van der Waals surface area contributed by atoms with Gasteiger partial charge in [0.1, 0.15) is 18.9 Å². The second-order valence-corrected chi connectivity index (χ2v) is 5.37. The molecule has 156 valence electrons. The van der Waals surface area contributed by atoms with Crippen LogP contribution in [0.25, 0.3) is 0 Å². The molecular weight excluding hydrogens is 348 g/mol. The maximum absolute atomic E-state index is 9.82. The topological polar surface area (TPSA) is 51.2 Å². The van der Waals surface area contributed by atoms with E-state index in [2.05, 4.69) is 38.2 Å². The Labute approximate surface area is 172 Å². The molecule has 0 rings (SSSR count). The molecule has 0 aliphatic rings. The first-order valence-corrected chi connectivity index (χ1v) is 10.0. The summed E-state index contributed by atoms with van der Waals surface area (Å²) >= 11 is 0. The van der Waals surface area contributed by atoms with Gasteiger partial charge in [0.2, 0.25) is 0 Å². The van der Waals surface area contributed by atoms with Gasteiger partial charge in [0.25, 0.3) is 0 Å². The first-order valence-electron chi connectivity index (χ1n) is 10.0. The molecule has 0 aromatic rings. The average molecular weight is 387 g/mol. The number of unbranched alkanes of at least 4 members (excludes halogenated alkanes) is 1. The molecule has 28 heavy (non-hydrogen) atoms. The maximum atomic E-state index is 9.82. The molecule has 0 aromatic carbocycles. The van der Waals surface area contributed by atoms with Gasteiger partial charge in [-0.05, 0) is 50.7 Å². The van der Waals surface area contributed by atoms with E-state index in [1.807, 2.05) is 37.3 Å². The van der Waals surface area contributed by atoms with Gasteiger partial charge in [-0.25, -0.2) is 0 Å². The highest BCUT2D eigenvalue weighted by Crippen LogP contribution is 1.93. The summed E-state index contributed by atoms with van der Waals surface area (Å²) < 4.78 is 0. The highest BCUT2D eigenvalue weighted by Gasteiger charge is 1.74. The summed E-state index contributed by atoms with van der Waals surface area (Å²) in [6.07, 6.45) is 32.0. The molecular formula is C25H38O3. The molecule has 0 atom stereocenters. The third kappa shape index (κ3) is 43.7. The van der Waals surface area contributed by atoms with Crippen molar-refractivity contribution >= 4 is 18.9 Å². The van der Waals surface area contributed by atoms with Crippen LogP contribution >= 0.6 is 0 Å². The van der Waals surface area contributed by atoms with E-state index >= 15 is 0 Å². The molecule has 0 aromatic heterocycles. The Morgan fingerprint density at radius 3 is 1.57 bits per heavy atom. The molecule has 0 radical (unpaired) electrons. The summed E-state index contributed by atoms with van der Waals surface area (Å²) in [5, 5.41) is 0. The first-order chi connectivity index (χ1) is 13.7. The molecule has 0 aliphatic heterocycles. The highest BCUT2D eigenvalue weighted by molar-refractivity contribution is 5.65. The van der Waals surface area contributed by atoms with Gasteiger partial charge in [0, 0.05) is 6.42 Å². The molecule has 0 aliphatic carbocycles. The Morgan fingerprint density at radius 1 is 0.464 bits per heavy atom. The van der Waals surface area contributed by atoms with Crippen LogP contribution in [0.4, 0.5) is 0 Å². The Bertz CT molecular complexity index is 492. The van der Waals surface area contributed by atoms with Gasteiger partial charge < -0.3 is 4.79 Å². The van der Waals surface area contributed by atoms with Crippen LogP contribution < -0.4 is 0 Å². The lowest BCUT2D eigenvalue weighted by molar-refractivity contribution is -0.107. The van der Waals surface area contributed by atoms with Crippen LogP contribution in [0.15, 0.2) is 72.9 Å². The van der Waals surface area contributed by atoms with Crippen LogP contribution in [0.3, 0.4) is 0 Å². The van der Waals surface area contributed by atoms with Crippen LogP contribution in [-0.2, 0) is 14.4 Å². The van der Waals surface area contributed by atoms with Crippen molar-refractivity contribution in [3.8, 4) is 0 Å². The lowest BCUT2D eigenvalue weighted by atomic mass is 10.2. The van der Waals surface area contributed by atoms with E-state index in [9.17, 15) is 14.4 Å².